The normalized spacial score (nSPS) is 30.2. The maximum absolute atomic E-state index is 13.3. The fourth-order valence-corrected chi connectivity index (χ4v) is 7.06. The van der Waals surface area contributed by atoms with E-state index in [4.69, 9.17) is 26.4 Å². The molecule has 12 heteroatoms. The molecule has 3 aliphatic heterocycles. The molecule has 1 saturated carbocycles. The van der Waals surface area contributed by atoms with Gasteiger partial charge in [0.15, 0.2) is 5.11 Å². The zero-order chi connectivity index (χ0) is 26.1. The van der Waals surface area contributed by atoms with Crippen LogP contribution in [0.3, 0.4) is 0 Å². The van der Waals surface area contributed by atoms with Gasteiger partial charge < -0.3 is 34.4 Å². The quantitative estimate of drug-likeness (QED) is 0.214. The average Bonchev–Trinajstić information content (AvgIpc) is 3.04. The van der Waals surface area contributed by atoms with Crippen molar-refractivity contribution >= 4 is 47.1 Å². The molecule has 10 nitrogen and oxygen atoms in total. The Kier molecular flexibility index (Phi) is 8.35. The van der Waals surface area contributed by atoms with E-state index < -0.39 is 30.4 Å². The molecular weight excluding hydrogens is 506 g/mol. The molecule has 4 rings (SSSR count). The van der Waals surface area contributed by atoms with Crippen molar-refractivity contribution in [2.24, 2.45) is 11.8 Å². The Balaban J connectivity index is 1.46. The van der Waals surface area contributed by atoms with Gasteiger partial charge in [0.1, 0.15) is 11.8 Å². The van der Waals surface area contributed by atoms with Crippen LogP contribution in [-0.2, 0) is 23.8 Å². The molecule has 1 aliphatic carbocycles. The van der Waals surface area contributed by atoms with E-state index in [0.29, 0.717) is 18.2 Å². The number of nitrogens with one attached hydrogen (secondary N) is 1. The summed E-state index contributed by atoms with van der Waals surface area (Å²) < 4.78 is 16.0. The van der Waals surface area contributed by atoms with Gasteiger partial charge in [-0.3, -0.25) is 4.79 Å². The van der Waals surface area contributed by atoms with Crippen LogP contribution < -0.4 is 5.32 Å². The number of rotatable bonds is 7. The number of fused-ring (bicyclic) bond motifs is 1. The summed E-state index contributed by atoms with van der Waals surface area (Å²) >= 11 is 6.79. The van der Waals surface area contributed by atoms with E-state index in [1.54, 1.807) is 6.92 Å². The average molecular weight is 542 g/mol. The lowest BCUT2D eigenvalue weighted by Gasteiger charge is -2.46. The first-order chi connectivity index (χ1) is 17.1. The number of hydrogen-bond acceptors (Lipinski definition) is 9. The smallest absolute Gasteiger partial charge is 0.431 e. The van der Waals surface area contributed by atoms with Gasteiger partial charge >= 0.3 is 12.1 Å². The molecule has 3 fully saturated rings. The molecule has 0 aromatic heterocycles. The van der Waals surface area contributed by atoms with Crippen molar-refractivity contribution in [3.05, 3.63) is 10.6 Å². The molecule has 36 heavy (non-hydrogen) atoms. The van der Waals surface area contributed by atoms with Gasteiger partial charge in [0, 0.05) is 43.1 Å². The van der Waals surface area contributed by atoms with E-state index in [2.05, 4.69) is 5.32 Å². The molecular formula is C24H35N3O7S2. The minimum Gasteiger partial charge on any atom is -0.431 e. The van der Waals surface area contributed by atoms with Gasteiger partial charge in [-0.2, -0.15) is 0 Å². The van der Waals surface area contributed by atoms with Gasteiger partial charge in [0.2, 0.25) is 12.2 Å². The standard InChI is InChI=1S/C24H35N3O7S2/c1-12-18-17(13(2)28)21(29)27(18)19(20(12)36-16-10-25-23(35)26(4)11-16)22(30)32-14(3)33-24(31)34-15-8-6-5-7-9-15/h12-18,28H,5-11H2,1-4H3,(H,25,35)/t12-,13-,14?,16?,17-,18+/m1/s1. The highest BCUT2D eigenvalue weighted by atomic mass is 32.2. The lowest BCUT2D eigenvalue weighted by atomic mass is 9.79. The van der Waals surface area contributed by atoms with Crippen LogP contribution in [0.1, 0.15) is 52.9 Å². The summed E-state index contributed by atoms with van der Waals surface area (Å²) in [5, 5.41) is 14.1. The summed E-state index contributed by atoms with van der Waals surface area (Å²) in [6.07, 6.45) is 1.67. The number of hydrogen-bond donors (Lipinski definition) is 2. The maximum Gasteiger partial charge on any atom is 0.511 e. The van der Waals surface area contributed by atoms with Gasteiger partial charge in [0.05, 0.1) is 18.1 Å². The monoisotopic (exact) mass is 541 g/mol. The van der Waals surface area contributed by atoms with Crippen molar-refractivity contribution < 1.29 is 33.7 Å². The van der Waals surface area contributed by atoms with Crippen LogP contribution in [0.15, 0.2) is 10.6 Å². The highest BCUT2D eigenvalue weighted by Crippen LogP contribution is 2.51. The van der Waals surface area contributed by atoms with Gasteiger partial charge in [-0.25, -0.2) is 9.59 Å². The molecule has 0 spiro atoms. The third-order valence-corrected chi connectivity index (χ3v) is 9.18. The number of thiocarbonyl (C=S) groups is 1. The molecule has 4 aliphatic rings. The minimum absolute atomic E-state index is 0.0832. The second kappa shape index (κ2) is 11.1. The number of amides is 1. The zero-order valence-electron chi connectivity index (χ0n) is 21.1. The lowest BCUT2D eigenvalue weighted by Crippen LogP contribution is -2.63. The minimum atomic E-state index is -1.19. The van der Waals surface area contributed by atoms with Crippen LogP contribution in [0.25, 0.3) is 0 Å². The number of carbonyl (C=O) groups is 3. The number of ether oxygens (including phenoxy) is 3. The predicted molar refractivity (Wildman–Crippen MR) is 137 cm³/mol. The van der Waals surface area contributed by atoms with E-state index in [1.165, 1.54) is 23.6 Å². The first-order valence-electron chi connectivity index (χ1n) is 12.6. The number of β-lactam (4-membered cyclic amide) rings is 1. The fourth-order valence-electron chi connectivity index (χ4n) is 5.43. The van der Waals surface area contributed by atoms with Gasteiger partial charge in [0.25, 0.3) is 0 Å². The van der Waals surface area contributed by atoms with Crippen LogP contribution in [0, 0.1) is 11.8 Å². The van der Waals surface area contributed by atoms with E-state index >= 15 is 0 Å². The summed E-state index contributed by atoms with van der Waals surface area (Å²) in [5.41, 5.74) is 0.159. The summed E-state index contributed by atoms with van der Waals surface area (Å²) in [7, 11) is 1.90. The molecule has 0 aromatic carbocycles. The summed E-state index contributed by atoms with van der Waals surface area (Å²) in [6.45, 7) is 6.29. The largest absolute Gasteiger partial charge is 0.511 e. The Morgan fingerprint density at radius 1 is 1.19 bits per heavy atom. The van der Waals surface area contributed by atoms with E-state index in [9.17, 15) is 19.5 Å². The molecule has 0 bridgehead atoms. The summed E-state index contributed by atoms with van der Waals surface area (Å²) in [4.78, 5) is 42.5. The first kappa shape index (κ1) is 27.0. The topological polar surface area (TPSA) is 118 Å². The SMILES string of the molecule is CC(OC(=O)OC1CCCCC1)OC(=O)C1=C(SC2CNC(=S)N(C)C2)[C@H](C)[C@H]2[C@@H]([C@@H](C)O)C(=O)N12. The third-order valence-electron chi connectivity index (χ3n) is 7.25. The Labute approximate surface area is 221 Å². The van der Waals surface area contributed by atoms with Crippen molar-refractivity contribution in [1.29, 1.82) is 0 Å². The van der Waals surface area contributed by atoms with Crippen LogP contribution in [0.4, 0.5) is 4.79 Å². The molecule has 0 radical (unpaired) electrons. The van der Waals surface area contributed by atoms with Gasteiger partial charge in [-0.05, 0) is 44.8 Å². The van der Waals surface area contributed by atoms with Crippen molar-refractivity contribution in [2.75, 3.05) is 20.1 Å². The number of aliphatic hydroxyl groups is 1. The molecule has 2 N–H and O–H groups in total. The molecule has 6 atom stereocenters. The van der Waals surface area contributed by atoms with Crippen LogP contribution in [0.5, 0.6) is 0 Å². The Bertz CT molecular complexity index is 937. The lowest BCUT2D eigenvalue weighted by molar-refractivity contribution is -0.174. The molecule has 200 valence electrons. The summed E-state index contributed by atoms with van der Waals surface area (Å²) in [5.74, 6) is -1.80. The third kappa shape index (κ3) is 5.45. The predicted octanol–water partition coefficient (Wildman–Crippen LogP) is 2.35. The Morgan fingerprint density at radius 3 is 2.53 bits per heavy atom. The maximum atomic E-state index is 13.3. The second-order valence-electron chi connectivity index (χ2n) is 9.99. The van der Waals surface area contributed by atoms with E-state index in [0.717, 1.165) is 37.0 Å². The van der Waals surface area contributed by atoms with E-state index in [1.807, 2.05) is 18.9 Å². The molecule has 1 amide bonds. The number of nitrogens with zero attached hydrogens (tertiary/aromatic N) is 2. The fraction of sp³-hybridized carbons (Fsp3) is 0.750. The molecule has 2 unspecified atom stereocenters. The Hall–Kier alpha value is -2.05. The molecule has 0 aromatic rings. The van der Waals surface area contributed by atoms with Crippen molar-refractivity contribution in [3.8, 4) is 0 Å². The van der Waals surface area contributed by atoms with Crippen LogP contribution in [0.2, 0.25) is 0 Å². The Morgan fingerprint density at radius 2 is 1.89 bits per heavy atom. The molecule has 3 heterocycles. The number of aliphatic hydroxyl groups excluding tert-OH is 1. The van der Waals surface area contributed by atoms with Crippen LogP contribution in [-0.4, -0.2) is 88.0 Å². The van der Waals surface area contributed by atoms with Crippen LogP contribution >= 0.6 is 24.0 Å². The highest BCUT2D eigenvalue weighted by Gasteiger charge is 2.60. The van der Waals surface area contributed by atoms with Crippen molar-refractivity contribution in [3.63, 3.8) is 0 Å². The number of carbonyl (C=O) groups excluding carboxylic acids is 3. The van der Waals surface area contributed by atoms with Gasteiger partial charge in [-0.15, -0.1) is 11.8 Å². The number of thioether (sulfide) groups is 1. The zero-order valence-corrected chi connectivity index (χ0v) is 22.7. The molecule has 2 saturated heterocycles. The van der Waals surface area contributed by atoms with E-state index in [-0.39, 0.29) is 34.9 Å². The van der Waals surface area contributed by atoms with Crippen molar-refractivity contribution in [2.45, 2.75) is 82.7 Å². The summed E-state index contributed by atoms with van der Waals surface area (Å²) in [6, 6.07) is -0.328. The first-order valence-corrected chi connectivity index (χ1v) is 13.9. The van der Waals surface area contributed by atoms with Crippen molar-refractivity contribution in [1.82, 2.24) is 15.1 Å². The highest BCUT2D eigenvalue weighted by molar-refractivity contribution is 8.03. The number of esters is 1. The second-order valence-corrected chi connectivity index (χ2v) is 11.7. The van der Waals surface area contributed by atoms with Gasteiger partial charge in [-0.1, -0.05) is 13.3 Å².